The molecule has 0 radical (unpaired) electrons. The van der Waals surface area contributed by atoms with E-state index < -0.39 is 0 Å². The maximum atomic E-state index is 11.7. The van der Waals surface area contributed by atoms with Crippen molar-refractivity contribution in [2.24, 2.45) is 5.41 Å². The normalized spacial score (nSPS) is 16.3. The molecular weight excluding hydrogens is 296 g/mol. The maximum Gasteiger partial charge on any atom is 0.238 e. The van der Waals surface area contributed by atoms with E-state index in [2.05, 4.69) is 26.6 Å². The lowest BCUT2D eigenvalue weighted by Gasteiger charge is -2.12. The minimum absolute atomic E-state index is 0.0378. The highest BCUT2D eigenvalue weighted by Crippen LogP contribution is 2.44. The van der Waals surface area contributed by atoms with Gasteiger partial charge >= 0.3 is 0 Å². The van der Waals surface area contributed by atoms with Crippen LogP contribution in [-0.4, -0.2) is 30.7 Å². The molecule has 0 aliphatic heterocycles. The second-order valence-corrected chi connectivity index (χ2v) is 5.74. The van der Waals surface area contributed by atoms with Crippen LogP contribution < -0.4 is 10.6 Å². The first-order valence-electron chi connectivity index (χ1n) is 6.01. The van der Waals surface area contributed by atoms with Crippen molar-refractivity contribution in [2.45, 2.75) is 12.8 Å². The van der Waals surface area contributed by atoms with Crippen LogP contribution in [0.1, 0.15) is 12.8 Å². The second kappa shape index (κ2) is 5.82. The number of anilines is 1. The first-order valence-corrected chi connectivity index (χ1v) is 6.80. The van der Waals surface area contributed by atoms with E-state index in [-0.39, 0.29) is 24.5 Å². The summed E-state index contributed by atoms with van der Waals surface area (Å²) in [6, 6.07) is 7.48. The number of nitrogens with one attached hydrogen (secondary N) is 2. The van der Waals surface area contributed by atoms with Gasteiger partial charge in [-0.05, 0) is 31.0 Å². The third-order valence-corrected chi connectivity index (χ3v) is 3.68. The molecule has 0 unspecified atom stereocenters. The van der Waals surface area contributed by atoms with Gasteiger partial charge in [0, 0.05) is 28.7 Å². The smallest absolute Gasteiger partial charge is 0.238 e. The van der Waals surface area contributed by atoms with E-state index in [1.807, 2.05) is 24.3 Å². The zero-order valence-electron chi connectivity index (χ0n) is 10.1. The molecule has 1 aromatic rings. The average Bonchev–Trinajstić information content (AvgIpc) is 3.10. The third kappa shape index (κ3) is 3.80. The third-order valence-electron chi connectivity index (χ3n) is 3.19. The lowest BCUT2D eigenvalue weighted by atomic mass is 10.1. The molecule has 4 nitrogen and oxygen atoms in total. The van der Waals surface area contributed by atoms with E-state index in [1.165, 1.54) is 0 Å². The predicted octanol–water partition coefficient (Wildman–Crippen LogP) is 1.75. The van der Waals surface area contributed by atoms with Gasteiger partial charge in [0.25, 0.3) is 0 Å². The summed E-state index contributed by atoms with van der Waals surface area (Å²) < 4.78 is 0.936. The monoisotopic (exact) mass is 312 g/mol. The van der Waals surface area contributed by atoms with Crippen molar-refractivity contribution in [2.75, 3.05) is 25.0 Å². The molecule has 2 rings (SSSR count). The summed E-state index contributed by atoms with van der Waals surface area (Å²) >= 11 is 3.35. The Morgan fingerprint density at radius 2 is 2.22 bits per heavy atom. The molecule has 1 aliphatic carbocycles. The number of halogens is 1. The fraction of sp³-hybridized carbons (Fsp3) is 0.462. The molecule has 0 aromatic heterocycles. The largest absolute Gasteiger partial charge is 0.396 e. The first-order chi connectivity index (χ1) is 8.63. The number of hydrogen-bond donors (Lipinski definition) is 3. The fourth-order valence-electron chi connectivity index (χ4n) is 1.78. The molecule has 0 saturated heterocycles. The SMILES string of the molecule is O=C(CNCC1(CO)CC1)Nc1cccc(Br)c1. The first kappa shape index (κ1) is 13.5. The van der Waals surface area contributed by atoms with Gasteiger partial charge in [0.05, 0.1) is 6.54 Å². The Balaban J connectivity index is 1.72. The van der Waals surface area contributed by atoms with E-state index >= 15 is 0 Å². The molecule has 0 bridgehead atoms. The highest BCUT2D eigenvalue weighted by molar-refractivity contribution is 9.10. The Morgan fingerprint density at radius 1 is 1.44 bits per heavy atom. The van der Waals surface area contributed by atoms with Gasteiger partial charge in [0.2, 0.25) is 5.91 Å². The van der Waals surface area contributed by atoms with Gasteiger partial charge < -0.3 is 15.7 Å². The summed E-state index contributed by atoms with van der Waals surface area (Å²) in [6.07, 6.45) is 2.09. The number of carbonyl (C=O) groups excluding carboxylic acids is 1. The molecule has 1 aromatic carbocycles. The zero-order valence-corrected chi connectivity index (χ0v) is 11.7. The summed E-state index contributed by atoms with van der Waals surface area (Å²) in [4.78, 5) is 11.7. The van der Waals surface area contributed by atoms with E-state index in [4.69, 9.17) is 5.11 Å². The second-order valence-electron chi connectivity index (χ2n) is 4.82. The number of hydrogen-bond acceptors (Lipinski definition) is 3. The maximum absolute atomic E-state index is 11.7. The predicted molar refractivity (Wildman–Crippen MR) is 74.4 cm³/mol. The van der Waals surface area contributed by atoms with E-state index in [0.717, 1.165) is 23.0 Å². The van der Waals surface area contributed by atoms with Crippen LogP contribution in [0, 0.1) is 5.41 Å². The quantitative estimate of drug-likeness (QED) is 0.750. The summed E-state index contributed by atoms with van der Waals surface area (Å²) in [5, 5.41) is 15.0. The van der Waals surface area contributed by atoms with E-state index in [1.54, 1.807) is 0 Å². The van der Waals surface area contributed by atoms with Crippen molar-refractivity contribution in [3.63, 3.8) is 0 Å². The van der Waals surface area contributed by atoms with Crippen molar-refractivity contribution >= 4 is 27.5 Å². The Morgan fingerprint density at radius 3 is 2.83 bits per heavy atom. The number of benzene rings is 1. The van der Waals surface area contributed by atoms with Crippen molar-refractivity contribution in [3.8, 4) is 0 Å². The molecule has 1 amide bonds. The number of aliphatic hydroxyl groups is 1. The summed E-state index contributed by atoms with van der Waals surface area (Å²) in [6.45, 7) is 1.18. The molecule has 3 N–H and O–H groups in total. The Kier molecular flexibility index (Phi) is 4.37. The highest BCUT2D eigenvalue weighted by Gasteiger charge is 2.41. The molecule has 1 fully saturated rings. The minimum atomic E-state index is -0.0677. The van der Waals surface area contributed by atoms with Crippen molar-refractivity contribution in [3.05, 3.63) is 28.7 Å². The van der Waals surface area contributed by atoms with Gasteiger partial charge in [-0.1, -0.05) is 22.0 Å². The minimum Gasteiger partial charge on any atom is -0.396 e. The van der Waals surface area contributed by atoms with Crippen LogP contribution in [-0.2, 0) is 4.79 Å². The Labute approximate surface area is 115 Å². The van der Waals surface area contributed by atoms with Gasteiger partial charge in [0.1, 0.15) is 0 Å². The molecular formula is C13H17BrN2O2. The molecule has 1 saturated carbocycles. The van der Waals surface area contributed by atoms with Crippen LogP contribution in [0.15, 0.2) is 28.7 Å². The Bertz CT molecular complexity index is 433. The van der Waals surface area contributed by atoms with Crippen LogP contribution >= 0.6 is 15.9 Å². The lowest BCUT2D eigenvalue weighted by Crippen LogP contribution is -2.33. The number of amides is 1. The van der Waals surface area contributed by atoms with Crippen LogP contribution in [0.4, 0.5) is 5.69 Å². The van der Waals surface area contributed by atoms with Gasteiger partial charge in [-0.25, -0.2) is 0 Å². The van der Waals surface area contributed by atoms with Crippen LogP contribution in [0.2, 0.25) is 0 Å². The van der Waals surface area contributed by atoms with Crippen molar-refractivity contribution in [1.82, 2.24) is 5.32 Å². The van der Waals surface area contributed by atoms with Crippen molar-refractivity contribution < 1.29 is 9.90 Å². The Hall–Kier alpha value is -0.910. The molecule has 0 atom stereocenters. The number of aliphatic hydroxyl groups excluding tert-OH is 1. The van der Waals surface area contributed by atoms with Gasteiger partial charge in [-0.15, -0.1) is 0 Å². The molecule has 0 spiro atoms. The van der Waals surface area contributed by atoms with Gasteiger partial charge in [-0.2, -0.15) is 0 Å². The van der Waals surface area contributed by atoms with Crippen LogP contribution in [0.5, 0.6) is 0 Å². The van der Waals surface area contributed by atoms with Crippen LogP contribution in [0.25, 0.3) is 0 Å². The average molecular weight is 313 g/mol. The van der Waals surface area contributed by atoms with Gasteiger partial charge in [-0.3, -0.25) is 4.79 Å². The highest BCUT2D eigenvalue weighted by atomic mass is 79.9. The molecule has 5 heteroatoms. The molecule has 98 valence electrons. The fourth-order valence-corrected chi connectivity index (χ4v) is 2.18. The van der Waals surface area contributed by atoms with E-state index in [0.29, 0.717) is 6.54 Å². The summed E-state index contributed by atoms with van der Waals surface area (Å²) in [5.74, 6) is -0.0677. The molecule has 0 heterocycles. The molecule has 18 heavy (non-hydrogen) atoms. The molecule has 1 aliphatic rings. The van der Waals surface area contributed by atoms with Gasteiger partial charge in [0.15, 0.2) is 0 Å². The topological polar surface area (TPSA) is 61.4 Å². The van der Waals surface area contributed by atoms with E-state index in [9.17, 15) is 4.79 Å². The zero-order chi connectivity index (χ0) is 13.0. The summed E-state index contributed by atoms with van der Waals surface area (Å²) in [7, 11) is 0. The number of rotatable bonds is 6. The summed E-state index contributed by atoms with van der Waals surface area (Å²) in [5.41, 5.74) is 0.815. The van der Waals surface area contributed by atoms with Crippen LogP contribution in [0.3, 0.4) is 0 Å². The number of carbonyl (C=O) groups is 1. The standard InChI is InChI=1S/C13H17BrN2O2/c14-10-2-1-3-11(6-10)16-12(18)7-15-8-13(9-17)4-5-13/h1-3,6,15,17H,4-5,7-9H2,(H,16,18). The van der Waals surface area contributed by atoms with Crippen molar-refractivity contribution in [1.29, 1.82) is 0 Å². The lowest BCUT2D eigenvalue weighted by molar-refractivity contribution is -0.115.